The number of rotatable bonds is 2. The van der Waals surface area contributed by atoms with Gasteiger partial charge in [0.05, 0.1) is 5.56 Å². The number of phenolic OH excluding ortho intramolecular Hbond substituents is 1. The third kappa shape index (κ3) is 2.73. The van der Waals surface area contributed by atoms with E-state index in [0.29, 0.717) is 11.0 Å². The van der Waals surface area contributed by atoms with E-state index < -0.39 is 5.91 Å². The van der Waals surface area contributed by atoms with Crippen molar-refractivity contribution < 1.29 is 9.90 Å². The molecule has 0 aliphatic heterocycles. The van der Waals surface area contributed by atoms with Gasteiger partial charge in [-0.3, -0.25) is 4.79 Å². The van der Waals surface area contributed by atoms with Crippen molar-refractivity contribution in [3.8, 4) is 5.75 Å². The van der Waals surface area contributed by atoms with E-state index in [4.69, 9.17) is 11.6 Å². The summed E-state index contributed by atoms with van der Waals surface area (Å²) >= 11 is 5.69. The summed E-state index contributed by atoms with van der Waals surface area (Å²) in [5, 5.41) is 12.3. The maximum Gasteiger partial charge on any atom is 0.260 e. The highest BCUT2D eigenvalue weighted by Crippen LogP contribution is 2.17. The lowest BCUT2D eigenvalue weighted by atomic mass is 10.2. The zero-order chi connectivity index (χ0) is 12.3. The molecule has 0 atom stereocenters. The first-order valence-electron chi connectivity index (χ1n) is 4.89. The van der Waals surface area contributed by atoms with E-state index in [1.165, 1.54) is 12.1 Å². The van der Waals surface area contributed by atoms with Crippen LogP contribution in [0.15, 0.2) is 42.5 Å². The largest absolute Gasteiger partial charge is 0.507 e. The van der Waals surface area contributed by atoms with Crippen LogP contribution in [0.5, 0.6) is 5.75 Å². The van der Waals surface area contributed by atoms with E-state index in [2.05, 4.69) is 10.3 Å². The Hall–Kier alpha value is -2.07. The van der Waals surface area contributed by atoms with E-state index in [0.717, 1.165) is 0 Å². The number of carbonyl (C=O) groups excluding carboxylic acids is 1. The summed E-state index contributed by atoms with van der Waals surface area (Å²) in [6, 6.07) is 11.2. The van der Waals surface area contributed by atoms with E-state index in [1.807, 2.05) is 0 Å². The molecule has 0 saturated heterocycles. The lowest BCUT2D eigenvalue weighted by Crippen LogP contribution is -2.12. The number of pyridine rings is 1. The van der Waals surface area contributed by atoms with Crippen LogP contribution in [0.4, 0.5) is 5.82 Å². The van der Waals surface area contributed by atoms with Gasteiger partial charge in [0.25, 0.3) is 5.91 Å². The van der Waals surface area contributed by atoms with Crippen LogP contribution in [0.25, 0.3) is 0 Å². The predicted molar refractivity (Wildman–Crippen MR) is 65.3 cm³/mol. The SMILES string of the molecule is O=C(Nc1cccc(Cl)n1)c1ccccc1O. The fraction of sp³-hybridized carbons (Fsp3) is 0. The molecule has 4 nitrogen and oxygen atoms in total. The van der Waals surface area contributed by atoms with Crippen LogP contribution < -0.4 is 5.32 Å². The van der Waals surface area contributed by atoms with Gasteiger partial charge in [0.2, 0.25) is 0 Å². The number of benzene rings is 1. The van der Waals surface area contributed by atoms with E-state index in [-0.39, 0.29) is 11.3 Å². The van der Waals surface area contributed by atoms with Crippen LogP contribution in [0.1, 0.15) is 10.4 Å². The third-order valence-corrected chi connectivity index (χ3v) is 2.32. The highest BCUT2D eigenvalue weighted by Gasteiger charge is 2.10. The Morgan fingerprint density at radius 2 is 1.94 bits per heavy atom. The van der Waals surface area contributed by atoms with Crippen LogP contribution >= 0.6 is 11.6 Å². The second kappa shape index (κ2) is 4.84. The summed E-state index contributed by atoms with van der Waals surface area (Å²) in [6.45, 7) is 0. The van der Waals surface area contributed by atoms with Gasteiger partial charge in [-0.2, -0.15) is 0 Å². The molecule has 0 saturated carbocycles. The number of hydrogen-bond acceptors (Lipinski definition) is 3. The average molecular weight is 249 g/mol. The van der Waals surface area contributed by atoms with Gasteiger partial charge in [0, 0.05) is 0 Å². The number of nitrogens with one attached hydrogen (secondary N) is 1. The molecule has 17 heavy (non-hydrogen) atoms. The molecule has 0 bridgehead atoms. The van der Waals surface area contributed by atoms with Gasteiger partial charge in [0.15, 0.2) is 0 Å². The maximum absolute atomic E-state index is 11.8. The number of phenols is 1. The van der Waals surface area contributed by atoms with Crippen molar-refractivity contribution in [2.75, 3.05) is 5.32 Å². The van der Waals surface area contributed by atoms with Gasteiger partial charge in [-0.1, -0.05) is 29.8 Å². The number of aromatic nitrogens is 1. The van der Waals surface area contributed by atoms with Crippen LogP contribution in [0.3, 0.4) is 0 Å². The van der Waals surface area contributed by atoms with Crippen molar-refractivity contribution in [3.05, 3.63) is 53.2 Å². The minimum absolute atomic E-state index is 0.0768. The molecule has 5 heteroatoms. The van der Waals surface area contributed by atoms with Crippen LogP contribution in [0, 0.1) is 0 Å². The van der Waals surface area contributed by atoms with Gasteiger partial charge in [-0.05, 0) is 24.3 Å². The van der Waals surface area contributed by atoms with Crippen LogP contribution in [0.2, 0.25) is 5.15 Å². The Labute approximate surface area is 103 Å². The van der Waals surface area contributed by atoms with E-state index >= 15 is 0 Å². The number of aromatic hydroxyl groups is 1. The minimum atomic E-state index is -0.433. The molecule has 0 aliphatic rings. The van der Waals surface area contributed by atoms with Crippen LogP contribution in [-0.4, -0.2) is 16.0 Å². The molecule has 1 amide bonds. The summed E-state index contributed by atoms with van der Waals surface area (Å²) in [5.74, 6) is -0.171. The summed E-state index contributed by atoms with van der Waals surface area (Å²) in [5.41, 5.74) is 0.189. The zero-order valence-corrected chi connectivity index (χ0v) is 9.48. The van der Waals surface area contributed by atoms with Crippen molar-refractivity contribution in [3.63, 3.8) is 0 Å². The van der Waals surface area contributed by atoms with Gasteiger partial charge in [-0.25, -0.2) is 4.98 Å². The second-order valence-corrected chi connectivity index (χ2v) is 3.70. The summed E-state index contributed by atoms with van der Waals surface area (Å²) in [6.07, 6.45) is 0. The summed E-state index contributed by atoms with van der Waals surface area (Å²) in [7, 11) is 0. The molecule has 86 valence electrons. The molecular weight excluding hydrogens is 240 g/mol. The topological polar surface area (TPSA) is 62.2 Å². The molecule has 2 rings (SSSR count). The molecule has 0 radical (unpaired) electrons. The number of nitrogens with zero attached hydrogens (tertiary/aromatic N) is 1. The number of hydrogen-bond donors (Lipinski definition) is 2. The number of carbonyl (C=O) groups is 1. The molecule has 1 heterocycles. The number of para-hydroxylation sites is 1. The third-order valence-electron chi connectivity index (χ3n) is 2.11. The monoisotopic (exact) mass is 248 g/mol. The Balaban J connectivity index is 2.20. The first-order valence-corrected chi connectivity index (χ1v) is 5.26. The van der Waals surface area contributed by atoms with Crippen molar-refractivity contribution in [2.24, 2.45) is 0 Å². The summed E-state index contributed by atoms with van der Waals surface area (Å²) in [4.78, 5) is 15.7. The molecule has 1 aromatic carbocycles. The Bertz CT molecular complexity index is 558. The quantitative estimate of drug-likeness (QED) is 0.804. The Morgan fingerprint density at radius 1 is 1.18 bits per heavy atom. The van der Waals surface area contributed by atoms with Crippen molar-refractivity contribution in [2.45, 2.75) is 0 Å². The summed E-state index contributed by atoms with van der Waals surface area (Å²) < 4.78 is 0. The van der Waals surface area contributed by atoms with Gasteiger partial charge in [0.1, 0.15) is 16.7 Å². The van der Waals surface area contributed by atoms with Crippen molar-refractivity contribution >= 4 is 23.3 Å². The molecule has 2 aromatic rings. The van der Waals surface area contributed by atoms with E-state index in [9.17, 15) is 9.90 Å². The Kier molecular flexibility index (Phi) is 3.25. The number of halogens is 1. The van der Waals surface area contributed by atoms with Crippen molar-refractivity contribution in [1.29, 1.82) is 0 Å². The van der Waals surface area contributed by atoms with Gasteiger partial charge in [-0.15, -0.1) is 0 Å². The fourth-order valence-corrected chi connectivity index (χ4v) is 1.49. The first kappa shape index (κ1) is 11.4. The van der Waals surface area contributed by atoms with Gasteiger partial charge < -0.3 is 10.4 Å². The zero-order valence-electron chi connectivity index (χ0n) is 8.72. The molecule has 0 fully saturated rings. The first-order chi connectivity index (χ1) is 8.16. The molecule has 0 spiro atoms. The number of anilines is 1. The molecule has 0 unspecified atom stereocenters. The van der Waals surface area contributed by atoms with E-state index in [1.54, 1.807) is 30.3 Å². The predicted octanol–water partition coefficient (Wildman–Crippen LogP) is 2.69. The van der Waals surface area contributed by atoms with Crippen LogP contribution in [-0.2, 0) is 0 Å². The molecule has 2 N–H and O–H groups in total. The fourth-order valence-electron chi connectivity index (χ4n) is 1.33. The lowest BCUT2D eigenvalue weighted by molar-refractivity contribution is 0.102. The average Bonchev–Trinajstić information content (AvgIpc) is 2.29. The highest BCUT2D eigenvalue weighted by atomic mass is 35.5. The Morgan fingerprint density at radius 3 is 2.65 bits per heavy atom. The smallest absolute Gasteiger partial charge is 0.260 e. The normalized spacial score (nSPS) is 9.94. The minimum Gasteiger partial charge on any atom is -0.507 e. The maximum atomic E-state index is 11.8. The lowest BCUT2D eigenvalue weighted by Gasteiger charge is -2.05. The molecule has 0 aliphatic carbocycles. The van der Waals surface area contributed by atoms with Crippen molar-refractivity contribution in [1.82, 2.24) is 4.98 Å². The number of amides is 1. The molecular formula is C12H9ClN2O2. The second-order valence-electron chi connectivity index (χ2n) is 3.32. The highest BCUT2D eigenvalue weighted by molar-refractivity contribution is 6.29. The molecule has 1 aromatic heterocycles. The standard InChI is InChI=1S/C12H9ClN2O2/c13-10-6-3-7-11(14-10)15-12(17)8-4-1-2-5-9(8)16/h1-7,16H,(H,14,15,17). The van der Waals surface area contributed by atoms with Gasteiger partial charge >= 0.3 is 0 Å².